The van der Waals surface area contributed by atoms with E-state index in [1.165, 1.54) is 11.1 Å². The van der Waals surface area contributed by atoms with Gasteiger partial charge in [0.25, 0.3) is 0 Å². The van der Waals surface area contributed by atoms with Crippen LogP contribution in [-0.2, 0) is 0 Å². The maximum Gasteiger partial charge on any atom is 0.0597 e. The lowest BCUT2D eigenvalue weighted by molar-refractivity contribution is 0.126. The maximum atomic E-state index is 9.68. The van der Waals surface area contributed by atoms with Crippen LogP contribution >= 0.6 is 0 Å². The Kier molecular flexibility index (Phi) is 11.3. The van der Waals surface area contributed by atoms with Gasteiger partial charge in [0, 0.05) is 24.7 Å². The second-order valence-electron chi connectivity index (χ2n) is 7.87. The molecule has 0 bridgehead atoms. The van der Waals surface area contributed by atoms with E-state index in [-0.39, 0.29) is 25.3 Å². The molecule has 1 aliphatic rings. The second kappa shape index (κ2) is 12.6. The molecule has 0 saturated carbocycles. The minimum atomic E-state index is 0.0879. The monoisotopic (exact) mass is 352 g/mol. The zero-order valence-corrected chi connectivity index (χ0v) is 16.8. The fourth-order valence-electron chi connectivity index (χ4n) is 3.54. The second-order valence-corrected chi connectivity index (χ2v) is 7.87. The number of aliphatic hydroxyl groups excluding tert-OH is 2. The van der Waals surface area contributed by atoms with Crippen LogP contribution in [0.5, 0.6) is 0 Å². The van der Waals surface area contributed by atoms with Crippen LogP contribution in [0.15, 0.2) is 23.3 Å². The number of nitrogens with zero attached hydrogens (tertiary/aromatic N) is 1. The topological polar surface area (TPSA) is 55.7 Å². The molecule has 1 fully saturated rings. The molecule has 0 aromatic heterocycles. The molecule has 0 aromatic carbocycles. The summed E-state index contributed by atoms with van der Waals surface area (Å²) in [6.45, 7) is 10.9. The molecule has 1 saturated heterocycles. The van der Waals surface area contributed by atoms with E-state index in [4.69, 9.17) is 0 Å². The highest BCUT2D eigenvalue weighted by Crippen LogP contribution is 2.17. The minimum absolute atomic E-state index is 0.0879. The maximum absolute atomic E-state index is 9.68. The van der Waals surface area contributed by atoms with Gasteiger partial charge in [-0.2, -0.15) is 0 Å². The Morgan fingerprint density at radius 1 is 1.20 bits per heavy atom. The van der Waals surface area contributed by atoms with Crippen molar-refractivity contribution in [3.63, 3.8) is 0 Å². The van der Waals surface area contributed by atoms with Crippen molar-refractivity contribution in [1.29, 1.82) is 0 Å². The first-order valence-electron chi connectivity index (χ1n) is 9.97. The van der Waals surface area contributed by atoms with Gasteiger partial charge in [-0.05, 0) is 72.8 Å². The van der Waals surface area contributed by atoms with E-state index < -0.39 is 0 Å². The third-order valence-corrected chi connectivity index (χ3v) is 5.09. The van der Waals surface area contributed by atoms with Crippen molar-refractivity contribution in [3.8, 4) is 0 Å². The normalized spacial score (nSPS) is 21.4. The lowest BCUT2D eigenvalue weighted by Crippen LogP contribution is -2.48. The molecule has 0 aliphatic carbocycles. The average molecular weight is 353 g/mol. The minimum Gasteiger partial charge on any atom is -0.395 e. The molecule has 25 heavy (non-hydrogen) atoms. The molecule has 0 radical (unpaired) electrons. The molecule has 3 N–H and O–H groups in total. The van der Waals surface area contributed by atoms with Gasteiger partial charge in [0.2, 0.25) is 0 Å². The van der Waals surface area contributed by atoms with Crippen molar-refractivity contribution in [2.75, 3.05) is 26.3 Å². The number of hydrogen-bond acceptors (Lipinski definition) is 4. The summed E-state index contributed by atoms with van der Waals surface area (Å²) < 4.78 is 0. The molecule has 1 aliphatic heterocycles. The first-order valence-corrected chi connectivity index (χ1v) is 9.97. The molecule has 3 atom stereocenters. The molecule has 0 amide bonds. The van der Waals surface area contributed by atoms with Crippen LogP contribution in [0.4, 0.5) is 0 Å². The predicted octanol–water partition coefficient (Wildman–Crippen LogP) is 3.26. The van der Waals surface area contributed by atoms with Crippen molar-refractivity contribution >= 4 is 0 Å². The van der Waals surface area contributed by atoms with E-state index in [0.717, 1.165) is 51.6 Å². The fraction of sp³-hybridized carbons (Fsp3) is 0.810. The van der Waals surface area contributed by atoms with E-state index in [1.54, 1.807) is 0 Å². The van der Waals surface area contributed by atoms with Gasteiger partial charge < -0.3 is 15.5 Å². The van der Waals surface area contributed by atoms with Crippen LogP contribution in [0.2, 0.25) is 0 Å². The first-order chi connectivity index (χ1) is 12.0. The number of hydrogen-bond donors (Lipinski definition) is 3. The Bertz CT molecular complexity index is 416. The van der Waals surface area contributed by atoms with Gasteiger partial charge in [-0.15, -0.1) is 0 Å². The SMILES string of the molecule is CC(C)=CCCC(C)=CCCC(C)NC(CO)CN1CCCC1CO. The predicted molar refractivity (Wildman–Crippen MR) is 107 cm³/mol. The van der Waals surface area contributed by atoms with Crippen molar-refractivity contribution < 1.29 is 10.2 Å². The van der Waals surface area contributed by atoms with Crippen molar-refractivity contribution in [3.05, 3.63) is 23.3 Å². The molecular weight excluding hydrogens is 312 g/mol. The van der Waals surface area contributed by atoms with Crippen LogP contribution in [0.25, 0.3) is 0 Å². The molecule has 0 aromatic rings. The summed E-state index contributed by atoms with van der Waals surface area (Å²) in [4.78, 5) is 2.31. The number of nitrogens with one attached hydrogen (secondary N) is 1. The van der Waals surface area contributed by atoms with Crippen molar-refractivity contribution in [2.45, 2.75) is 84.3 Å². The van der Waals surface area contributed by atoms with Crippen LogP contribution in [0.3, 0.4) is 0 Å². The number of aliphatic hydroxyl groups is 2. The van der Waals surface area contributed by atoms with Gasteiger partial charge in [-0.3, -0.25) is 4.90 Å². The summed E-state index contributed by atoms with van der Waals surface area (Å²) in [7, 11) is 0. The number of allylic oxidation sites excluding steroid dienone is 4. The van der Waals surface area contributed by atoms with E-state index in [9.17, 15) is 10.2 Å². The average Bonchev–Trinajstić information content (AvgIpc) is 3.01. The summed E-state index contributed by atoms with van der Waals surface area (Å²) in [5.74, 6) is 0. The largest absolute Gasteiger partial charge is 0.395 e. The zero-order valence-electron chi connectivity index (χ0n) is 16.8. The highest BCUT2D eigenvalue weighted by Gasteiger charge is 2.26. The Morgan fingerprint density at radius 3 is 2.60 bits per heavy atom. The molecule has 1 rings (SSSR count). The Labute approximate surface area is 155 Å². The molecular formula is C21H40N2O2. The summed E-state index contributed by atoms with van der Waals surface area (Å²) in [6.07, 6.45) is 11.3. The summed E-state index contributed by atoms with van der Waals surface area (Å²) in [5.41, 5.74) is 2.85. The van der Waals surface area contributed by atoms with E-state index >= 15 is 0 Å². The molecule has 0 spiro atoms. The third kappa shape index (κ3) is 9.55. The Morgan fingerprint density at radius 2 is 1.96 bits per heavy atom. The summed E-state index contributed by atoms with van der Waals surface area (Å²) >= 11 is 0. The van der Waals surface area contributed by atoms with Crippen LogP contribution in [0, 0.1) is 0 Å². The van der Waals surface area contributed by atoms with Gasteiger partial charge >= 0.3 is 0 Å². The Hall–Kier alpha value is -0.680. The highest BCUT2D eigenvalue weighted by molar-refractivity contribution is 5.02. The van der Waals surface area contributed by atoms with Gasteiger partial charge in [-0.25, -0.2) is 0 Å². The smallest absolute Gasteiger partial charge is 0.0597 e. The van der Waals surface area contributed by atoms with E-state index in [0.29, 0.717) is 6.04 Å². The molecule has 4 heteroatoms. The van der Waals surface area contributed by atoms with Gasteiger partial charge in [0.1, 0.15) is 0 Å². The van der Waals surface area contributed by atoms with E-state index in [1.807, 2.05) is 0 Å². The van der Waals surface area contributed by atoms with Crippen LogP contribution < -0.4 is 5.32 Å². The van der Waals surface area contributed by atoms with Crippen molar-refractivity contribution in [2.24, 2.45) is 0 Å². The molecule has 4 nitrogen and oxygen atoms in total. The summed E-state index contributed by atoms with van der Waals surface area (Å²) in [5, 5.41) is 22.7. The fourth-order valence-corrected chi connectivity index (χ4v) is 3.54. The molecule has 1 heterocycles. The third-order valence-electron chi connectivity index (χ3n) is 5.09. The lowest BCUT2D eigenvalue weighted by atomic mass is 10.1. The summed E-state index contributed by atoms with van der Waals surface area (Å²) in [6, 6.07) is 0.747. The first kappa shape index (κ1) is 22.4. The van der Waals surface area contributed by atoms with Gasteiger partial charge in [0.15, 0.2) is 0 Å². The molecule has 3 unspecified atom stereocenters. The van der Waals surface area contributed by atoms with Crippen LogP contribution in [-0.4, -0.2) is 59.5 Å². The number of likely N-dealkylation sites (tertiary alicyclic amines) is 1. The van der Waals surface area contributed by atoms with E-state index in [2.05, 4.69) is 50.1 Å². The van der Waals surface area contributed by atoms with Gasteiger partial charge in [0.05, 0.1) is 13.2 Å². The number of rotatable bonds is 12. The zero-order chi connectivity index (χ0) is 18.7. The van der Waals surface area contributed by atoms with Crippen LogP contribution in [0.1, 0.15) is 66.2 Å². The van der Waals surface area contributed by atoms with Crippen molar-refractivity contribution in [1.82, 2.24) is 10.2 Å². The highest BCUT2D eigenvalue weighted by atomic mass is 16.3. The quantitative estimate of drug-likeness (QED) is 0.472. The lowest BCUT2D eigenvalue weighted by Gasteiger charge is -2.29. The van der Waals surface area contributed by atoms with Gasteiger partial charge in [-0.1, -0.05) is 23.3 Å². The Balaban J connectivity index is 2.28. The standard InChI is InChI=1S/C21H40N2O2/c1-17(2)8-5-9-18(3)10-6-11-19(4)22-20(15-24)14-23-13-7-12-21(23)16-25/h8,10,19-22,24-25H,5-7,9,11-16H2,1-4H3. The molecule has 146 valence electrons.